The van der Waals surface area contributed by atoms with Crippen LogP contribution in [0.15, 0.2) is 53.1 Å². The summed E-state index contributed by atoms with van der Waals surface area (Å²) >= 11 is 6.83. The molecule has 0 bridgehead atoms. The molecule has 0 atom stereocenters. The van der Waals surface area contributed by atoms with Crippen molar-refractivity contribution in [3.05, 3.63) is 76.7 Å². The number of benzene rings is 2. The lowest BCUT2D eigenvalue weighted by atomic mass is 10.1. The first kappa shape index (κ1) is 21.5. The summed E-state index contributed by atoms with van der Waals surface area (Å²) in [6.07, 6.45) is 0.0829. The van der Waals surface area contributed by atoms with E-state index in [4.69, 9.17) is 16.1 Å². The molecule has 3 aromatic rings. The predicted molar refractivity (Wildman–Crippen MR) is 126 cm³/mol. The van der Waals surface area contributed by atoms with E-state index < -0.39 is 8.07 Å². The van der Waals surface area contributed by atoms with Crippen LogP contribution >= 0.6 is 11.6 Å². The molecule has 0 aliphatic carbocycles. The molecule has 4 nitrogen and oxygen atoms in total. The average molecular weight is 455 g/mol. The number of carbonyl (C=O) groups excluding carboxylic acids is 1. The van der Waals surface area contributed by atoms with E-state index in [-0.39, 0.29) is 24.7 Å². The van der Waals surface area contributed by atoms with Gasteiger partial charge in [0.25, 0.3) is 0 Å². The van der Waals surface area contributed by atoms with E-state index in [1.807, 2.05) is 36.4 Å². The van der Waals surface area contributed by atoms with Crippen molar-refractivity contribution in [2.24, 2.45) is 0 Å². The van der Waals surface area contributed by atoms with E-state index in [2.05, 4.69) is 24.8 Å². The summed E-state index contributed by atoms with van der Waals surface area (Å²) in [6.45, 7) is 8.48. The van der Waals surface area contributed by atoms with Crippen molar-refractivity contribution in [2.75, 3.05) is 4.90 Å². The molecule has 1 aromatic heterocycles. The van der Waals surface area contributed by atoms with Crippen molar-refractivity contribution >= 4 is 47.3 Å². The van der Waals surface area contributed by atoms with Crippen LogP contribution < -0.4 is 10.3 Å². The number of rotatable bonds is 4. The molecule has 0 spiro atoms. The zero-order chi connectivity index (χ0) is 22.3. The van der Waals surface area contributed by atoms with Crippen LogP contribution in [0, 0.1) is 12.7 Å². The van der Waals surface area contributed by atoms with E-state index in [0.717, 1.165) is 10.9 Å². The quantitative estimate of drug-likeness (QED) is 0.474. The van der Waals surface area contributed by atoms with E-state index in [9.17, 15) is 9.18 Å². The molecule has 4 rings (SSSR count). The number of aromatic nitrogens is 1. The third kappa shape index (κ3) is 4.23. The maximum absolute atomic E-state index is 14.1. The molecule has 0 saturated carbocycles. The van der Waals surface area contributed by atoms with Crippen LogP contribution in [0.25, 0.3) is 10.6 Å². The zero-order valence-corrected chi connectivity index (χ0v) is 19.8. The normalized spacial score (nSPS) is 14.6. The lowest BCUT2D eigenvalue weighted by molar-refractivity contribution is -0.117. The summed E-state index contributed by atoms with van der Waals surface area (Å²) in [7, 11) is -1.70. The van der Waals surface area contributed by atoms with Crippen molar-refractivity contribution in [1.82, 2.24) is 5.16 Å². The first-order chi connectivity index (χ1) is 14.6. The van der Waals surface area contributed by atoms with Gasteiger partial charge in [-0.15, -0.1) is 0 Å². The Morgan fingerprint density at radius 2 is 1.90 bits per heavy atom. The molecule has 0 N–H and O–H groups in total. The highest BCUT2D eigenvalue weighted by Crippen LogP contribution is 2.40. The molecular formula is C24H24ClFN2O2Si. The van der Waals surface area contributed by atoms with Crippen LogP contribution in [0.5, 0.6) is 0 Å². The fraction of sp³-hybridized carbons (Fsp3) is 0.250. The molecule has 0 radical (unpaired) electrons. The Bertz CT molecular complexity index is 1200. The number of anilines is 1. The number of aryl methyl sites for hydroxylation is 1. The van der Waals surface area contributed by atoms with Crippen LogP contribution in [-0.4, -0.2) is 19.1 Å². The van der Waals surface area contributed by atoms with E-state index >= 15 is 0 Å². The molecule has 1 aliphatic rings. The van der Waals surface area contributed by atoms with Gasteiger partial charge in [-0.1, -0.05) is 66.7 Å². The van der Waals surface area contributed by atoms with Gasteiger partial charge in [-0.25, -0.2) is 4.39 Å². The lowest BCUT2D eigenvalue weighted by Gasteiger charge is -2.23. The number of nitrogens with zero attached hydrogens (tertiary/aromatic N) is 2. The van der Waals surface area contributed by atoms with Gasteiger partial charge < -0.3 is 9.42 Å². The summed E-state index contributed by atoms with van der Waals surface area (Å²) in [6, 6.07) is 14.4. The summed E-state index contributed by atoms with van der Waals surface area (Å²) in [5.41, 5.74) is 3.96. The van der Waals surface area contributed by atoms with Crippen LogP contribution in [0.2, 0.25) is 19.6 Å². The highest BCUT2D eigenvalue weighted by Gasteiger charge is 2.30. The summed E-state index contributed by atoms with van der Waals surface area (Å²) in [5, 5.41) is 5.57. The van der Waals surface area contributed by atoms with Gasteiger partial charge in [0.2, 0.25) is 5.91 Å². The monoisotopic (exact) mass is 454 g/mol. The minimum atomic E-state index is -1.70. The largest absolute Gasteiger partial charge is 0.366 e. The second kappa shape index (κ2) is 8.09. The minimum absolute atomic E-state index is 0.0829. The Balaban J connectivity index is 1.77. The summed E-state index contributed by atoms with van der Waals surface area (Å²) in [5.74, 6) is -0.414. The topological polar surface area (TPSA) is 46.3 Å². The van der Waals surface area contributed by atoms with Gasteiger partial charge in [0, 0.05) is 17.2 Å². The average Bonchev–Trinajstić information content (AvgIpc) is 3.19. The van der Waals surface area contributed by atoms with Gasteiger partial charge in [-0.2, -0.15) is 0 Å². The fourth-order valence-electron chi connectivity index (χ4n) is 3.58. The van der Waals surface area contributed by atoms with Gasteiger partial charge in [0.15, 0.2) is 0 Å². The van der Waals surface area contributed by atoms with Crippen molar-refractivity contribution in [3.8, 4) is 0 Å². The molecule has 2 heterocycles. The maximum Gasteiger partial charge on any atom is 0.231 e. The highest BCUT2D eigenvalue weighted by molar-refractivity contribution is 6.87. The Hall–Kier alpha value is -2.70. The SMILES string of the molecule is Cc1ccc(CN2C(=O)CC(c3cc([Si](C)(C)C)on3)=C(Cl)c3ccccc32)cc1F. The van der Waals surface area contributed by atoms with Crippen LogP contribution in [0.3, 0.4) is 0 Å². The molecule has 0 unspecified atom stereocenters. The molecule has 160 valence electrons. The number of hydrogen-bond acceptors (Lipinski definition) is 3. The third-order valence-corrected chi connectivity index (χ3v) is 7.61. The molecular weight excluding hydrogens is 431 g/mol. The second-order valence-corrected chi connectivity index (χ2v) is 14.2. The summed E-state index contributed by atoms with van der Waals surface area (Å²) in [4.78, 5) is 15.0. The number of carbonyl (C=O) groups is 1. The van der Waals surface area contributed by atoms with E-state index in [0.29, 0.717) is 33.1 Å². The number of halogens is 2. The first-order valence-corrected chi connectivity index (χ1v) is 14.0. The highest BCUT2D eigenvalue weighted by atomic mass is 35.5. The standard InChI is InChI=1S/C24H24ClFN2O2Si/c1-15-9-10-16(11-19(15)26)14-28-21-8-6-5-7-17(21)24(25)18(12-22(28)29)20-13-23(30-27-20)31(2,3)4/h5-11,13H,12,14H2,1-4H3. The Morgan fingerprint density at radius 3 is 2.58 bits per heavy atom. The van der Waals surface area contributed by atoms with Crippen LogP contribution in [0.1, 0.15) is 28.8 Å². The summed E-state index contributed by atoms with van der Waals surface area (Å²) < 4.78 is 19.7. The van der Waals surface area contributed by atoms with Crippen molar-refractivity contribution in [1.29, 1.82) is 0 Å². The number of fused-ring (bicyclic) bond motifs is 1. The molecule has 31 heavy (non-hydrogen) atoms. The maximum atomic E-state index is 14.1. The van der Waals surface area contributed by atoms with Gasteiger partial charge in [0.1, 0.15) is 25.0 Å². The molecule has 0 fully saturated rings. The van der Waals surface area contributed by atoms with Gasteiger partial charge in [-0.05, 0) is 30.2 Å². The first-order valence-electron chi connectivity index (χ1n) is 10.2. The smallest absolute Gasteiger partial charge is 0.231 e. The number of amides is 1. The number of para-hydroxylation sites is 1. The van der Waals surface area contributed by atoms with E-state index in [1.165, 1.54) is 6.07 Å². The van der Waals surface area contributed by atoms with Gasteiger partial charge >= 0.3 is 0 Å². The zero-order valence-electron chi connectivity index (χ0n) is 18.0. The van der Waals surface area contributed by atoms with Gasteiger partial charge in [0.05, 0.1) is 23.7 Å². The van der Waals surface area contributed by atoms with Crippen molar-refractivity contribution in [2.45, 2.75) is 39.5 Å². The Morgan fingerprint density at radius 1 is 1.16 bits per heavy atom. The fourth-order valence-corrected chi connectivity index (χ4v) is 4.79. The molecule has 1 amide bonds. The van der Waals surface area contributed by atoms with Crippen LogP contribution in [-0.2, 0) is 11.3 Å². The van der Waals surface area contributed by atoms with Crippen LogP contribution in [0.4, 0.5) is 10.1 Å². The van der Waals surface area contributed by atoms with Crippen molar-refractivity contribution in [3.63, 3.8) is 0 Å². The second-order valence-electron chi connectivity index (χ2n) is 8.88. The Kier molecular flexibility index (Phi) is 5.62. The minimum Gasteiger partial charge on any atom is -0.366 e. The molecule has 1 aliphatic heterocycles. The molecule has 0 saturated heterocycles. The molecule has 7 heteroatoms. The van der Waals surface area contributed by atoms with Crippen molar-refractivity contribution < 1.29 is 13.7 Å². The van der Waals surface area contributed by atoms with E-state index in [1.54, 1.807) is 17.9 Å². The number of hydrogen-bond donors (Lipinski definition) is 0. The van der Waals surface area contributed by atoms with Gasteiger partial charge in [-0.3, -0.25) is 4.79 Å². The predicted octanol–water partition coefficient (Wildman–Crippen LogP) is 5.71. The third-order valence-electron chi connectivity index (χ3n) is 5.46. The Labute approximate surface area is 187 Å². The molecule has 2 aromatic carbocycles. The lowest BCUT2D eigenvalue weighted by Crippen LogP contribution is -2.36.